The maximum atomic E-state index is 13.1. The Balaban J connectivity index is 1.83. The van der Waals surface area contributed by atoms with E-state index in [2.05, 4.69) is 10.4 Å². The molecule has 6 heteroatoms. The number of amides is 1. The first-order chi connectivity index (χ1) is 13.0. The molecule has 1 unspecified atom stereocenters. The highest BCUT2D eigenvalue weighted by atomic mass is 19.1. The van der Waals surface area contributed by atoms with Gasteiger partial charge in [0.05, 0.1) is 29.2 Å². The monoisotopic (exact) mass is 366 g/mol. The zero-order valence-corrected chi connectivity index (χ0v) is 15.7. The molecule has 0 saturated carbocycles. The fourth-order valence-electron chi connectivity index (χ4n) is 3.00. The van der Waals surface area contributed by atoms with Crippen LogP contribution in [-0.2, 0) is 0 Å². The SMILES string of the molecule is Cc1c(C(=O)NC(CN(C)C)c2ccccc2)cnn1-c1ccc(F)cc1. The van der Waals surface area contributed by atoms with Crippen molar-refractivity contribution in [2.75, 3.05) is 20.6 Å². The van der Waals surface area contributed by atoms with Crippen molar-refractivity contribution in [1.82, 2.24) is 20.0 Å². The number of carbonyl (C=O) groups is 1. The molecule has 0 fully saturated rings. The second-order valence-corrected chi connectivity index (χ2v) is 6.73. The first-order valence-corrected chi connectivity index (χ1v) is 8.77. The van der Waals surface area contributed by atoms with Crippen LogP contribution in [-0.4, -0.2) is 41.2 Å². The number of nitrogens with one attached hydrogen (secondary N) is 1. The summed E-state index contributed by atoms with van der Waals surface area (Å²) in [6.45, 7) is 2.51. The standard InChI is InChI=1S/C21H23FN4O/c1-15-19(13-23-26(15)18-11-9-17(22)10-12-18)21(27)24-20(14-25(2)3)16-7-5-4-6-8-16/h4-13,20H,14H2,1-3H3,(H,24,27). The highest BCUT2D eigenvalue weighted by molar-refractivity contribution is 5.95. The van der Waals surface area contributed by atoms with Gasteiger partial charge in [-0.1, -0.05) is 30.3 Å². The summed E-state index contributed by atoms with van der Waals surface area (Å²) >= 11 is 0. The minimum atomic E-state index is -0.309. The third-order valence-corrected chi connectivity index (χ3v) is 4.38. The van der Waals surface area contributed by atoms with Gasteiger partial charge in [-0.3, -0.25) is 4.79 Å². The molecule has 0 aliphatic heterocycles. The van der Waals surface area contributed by atoms with Crippen LogP contribution in [0.2, 0.25) is 0 Å². The van der Waals surface area contributed by atoms with Crippen molar-refractivity contribution in [3.05, 3.63) is 83.4 Å². The van der Waals surface area contributed by atoms with E-state index < -0.39 is 0 Å². The van der Waals surface area contributed by atoms with Crippen LogP contribution in [0.15, 0.2) is 60.8 Å². The summed E-state index contributed by atoms with van der Waals surface area (Å²) in [4.78, 5) is 14.9. The van der Waals surface area contributed by atoms with E-state index in [1.807, 2.05) is 56.3 Å². The molecule has 0 aliphatic rings. The molecule has 3 rings (SSSR count). The van der Waals surface area contributed by atoms with Crippen LogP contribution >= 0.6 is 0 Å². The minimum Gasteiger partial charge on any atom is -0.344 e. The van der Waals surface area contributed by atoms with Crippen LogP contribution in [0.25, 0.3) is 5.69 Å². The van der Waals surface area contributed by atoms with Gasteiger partial charge in [0.2, 0.25) is 0 Å². The molecular weight excluding hydrogens is 343 g/mol. The Labute approximate surface area is 158 Å². The van der Waals surface area contributed by atoms with Crippen molar-refractivity contribution in [3.63, 3.8) is 0 Å². The fourth-order valence-corrected chi connectivity index (χ4v) is 3.00. The molecule has 0 radical (unpaired) electrons. The van der Waals surface area contributed by atoms with Gasteiger partial charge in [0.1, 0.15) is 5.82 Å². The summed E-state index contributed by atoms with van der Waals surface area (Å²) in [7, 11) is 3.94. The summed E-state index contributed by atoms with van der Waals surface area (Å²) in [5.41, 5.74) is 2.96. The molecule has 0 saturated heterocycles. The lowest BCUT2D eigenvalue weighted by Crippen LogP contribution is -2.35. The Morgan fingerprint density at radius 1 is 1.15 bits per heavy atom. The number of hydrogen-bond acceptors (Lipinski definition) is 3. The number of nitrogens with zero attached hydrogens (tertiary/aromatic N) is 3. The average Bonchev–Trinajstić information content (AvgIpc) is 3.04. The molecule has 27 heavy (non-hydrogen) atoms. The lowest BCUT2D eigenvalue weighted by atomic mass is 10.1. The van der Waals surface area contributed by atoms with Gasteiger partial charge in [0, 0.05) is 6.54 Å². The largest absolute Gasteiger partial charge is 0.344 e. The van der Waals surface area contributed by atoms with Crippen LogP contribution in [0.5, 0.6) is 0 Å². The molecule has 1 N–H and O–H groups in total. The maximum Gasteiger partial charge on any atom is 0.255 e. The number of halogens is 1. The van der Waals surface area contributed by atoms with Crippen LogP contribution in [0, 0.1) is 12.7 Å². The van der Waals surface area contributed by atoms with Crippen LogP contribution < -0.4 is 5.32 Å². The van der Waals surface area contributed by atoms with E-state index in [-0.39, 0.29) is 17.8 Å². The number of hydrogen-bond donors (Lipinski definition) is 1. The molecule has 140 valence electrons. The number of aromatic nitrogens is 2. The van der Waals surface area contributed by atoms with Gasteiger partial charge in [0.25, 0.3) is 5.91 Å². The Bertz CT molecular complexity index is 904. The topological polar surface area (TPSA) is 50.2 Å². The third kappa shape index (κ3) is 4.41. The number of benzene rings is 2. The summed E-state index contributed by atoms with van der Waals surface area (Å²) in [5.74, 6) is -0.493. The van der Waals surface area contributed by atoms with E-state index >= 15 is 0 Å². The molecular formula is C21H23FN4O. The minimum absolute atomic E-state index is 0.137. The summed E-state index contributed by atoms with van der Waals surface area (Å²) < 4.78 is 14.8. The molecule has 1 amide bonds. The first kappa shape index (κ1) is 18.8. The molecule has 1 heterocycles. The van der Waals surface area contributed by atoms with Crippen molar-refractivity contribution in [2.24, 2.45) is 0 Å². The Kier molecular flexibility index (Phi) is 5.66. The smallest absolute Gasteiger partial charge is 0.255 e. The normalized spacial score (nSPS) is 12.2. The van der Waals surface area contributed by atoms with Crippen molar-refractivity contribution >= 4 is 5.91 Å². The van der Waals surface area contributed by atoms with Crippen molar-refractivity contribution in [1.29, 1.82) is 0 Å². The predicted octanol–water partition coefficient (Wildman–Crippen LogP) is 3.35. The summed E-state index contributed by atoms with van der Waals surface area (Å²) in [5, 5.41) is 7.40. The molecule has 1 atom stereocenters. The lowest BCUT2D eigenvalue weighted by molar-refractivity contribution is 0.0929. The molecule has 0 spiro atoms. The first-order valence-electron chi connectivity index (χ1n) is 8.77. The Hall–Kier alpha value is -2.99. The van der Waals surface area contributed by atoms with Gasteiger partial charge < -0.3 is 10.2 Å². The highest BCUT2D eigenvalue weighted by Crippen LogP contribution is 2.18. The summed E-state index contributed by atoms with van der Waals surface area (Å²) in [6, 6.07) is 15.8. The molecule has 0 aliphatic carbocycles. The van der Waals surface area contributed by atoms with E-state index in [1.54, 1.807) is 23.0 Å². The zero-order valence-electron chi connectivity index (χ0n) is 15.7. The number of carbonyl (C=O) groups excluding carboxylic acids is 1. The number of rotatable bonds is 6. The van der Waals surface area contributed by atoms with Gasteiger partial charge in [-0.15, -0.1) is 0 Å². The maximum absolute atomic E-state index is 13.1. The van der Waals surface area contributed by atoms with E-state index in [9.17, 15) is 9.18 Å². The van der Waals surface area contributed by atoms with Gasteiger partial charge in [0.15, 0.2) is 0 Å². The molecule has 5 nitrogen and oxygen atoms in total. The van der Waals surface area contributed by atoms with Crippen LogP contribution in [0.4, 0.5) is 4.39 Å². The quantitative estimate of drug-likeness (QED) is 0.728. The van der Waals surface area contributed by atoms with E-state index in [4.69, 9.17) is 0 Å². The molecule has 2 aromatic carbocycles. The van der Waals surface area contributed by atoms with Gasteiger partial charge in [-0.25, -0.2) is 9.07 Å². The van der Waals surface area contributed by atoms with Gasteiger partial charge >= 0.3 is 0 Å². The Morgan fingerprint density at radius 2 is 1.81 bits per heavy atom. The van der Waals surface area contributed by atoms with Crippen molar-refractivity contribution in [2.45, 2.75) is 13.0 Å². The third-order valence-electron chi connectivity index (χ3n) is 4.38. The highest BCUT2D eigenvalue weighted by Gasteiger charge is 2.20. The number of likely N-dealkylation sites (N-methyl/N-ethyl adjacent to an activating group) is 1. The van der Waals surface area contributed by atoms with Crippen LogP contribution in [0.1, 0.15) is 27.7 Å². The molecule has 3 aromatic rings. The Morgan fingerprint density at radius 3 is 2.44 bits per heavy atom. The predicted molar refractivity (Wildman–Crippen MR) is 103 cm³/mol. The van der Waals surface area contributed by atoms with Crippen molar-refractivity contribution < 1.29 is 9.18 Å². The van der Waals surface area contributed by atoms with Gasteiger partial charge in [-0.05, 0) is 50.8 Å². The van der Waals surface area contributed by atoms with Gasteiger partial charge in [-0.2, -0.15) is 5.10 Å². The van der Waals surface area contributed by atoms with E-state index in [0.29, 0.717) is 23.5 Å². The van der Waals surface area contributed by atoms with Crippen LogP contribution in [0.3, 0.4) is 0 Å². The lowest BCUT2D eigenvalue weighted by Gasteiger charge is -2.22. The fraction of sp³-hybridized carbons (Fsp3) is 0.238. The second-order valence-electron chi connectivity index (χ2n) is 6.73. The second kappa shape index (κ2) is 8.14. The zero-order chi connectivity index (χ0) is 19.4. The molecule has 1 aromatic heterocycles. The van der Waals surface area contributed by atoms with E-state index in [0.717, 1.165) is 5.56 Å². The average molecular weight is 366 g/mol. The molecule has 0 bridgehead atoms. The van der Waals surface area contributed by atoms with Crippen molar-refractivity contribution in [3.8, 4) is 5.69 Å². The van der Waals surface area contributed by atoms with E-state index in [1.165, 1.54) is 12.1 Å². The summed E-state index contributed by atoms with van der Waals surface area (Å²) in [6.07, 6.45) is 1.55.